The summed E-state index contributed by atoms with van der Waals surface area (Å²) in [5.41, 5.74) is 7.75. The number of rotatable bonds is 8. The molecule has 5 heteroatoms. The van der Waals surface area contributed by atoms with Gasteiger partial charge in [0.2, 0.25) is 5.91 Å². The van der Waals surface area contributed by atoms with Crippen molar-refractivity contribution in [3.8, 4) is 5.75 Å². The zero-order valence-corrected chi connectivity index (χ0v) is 14.2. The molecule has 0 aliphatic heterocycles. The first kappa shape index (κ1) is 18.0. The maximum absolute atomic E-state index is 12.2. The monoisotopic (exact) mass is 327 g/mol. The van der Waals surface area contributed by atoms with Gasteiger partial charge in [0, 0.05) is 30.8 Å². The summed E-state index contributed by atoms with van der Waals surface area (Å²) < 4.78 is 5.67. The molecule has 2 rings (SSSR count). The van der Waals surface area contributed by atoms with Gasteiger partial charge in [-0.2, -0.15) is 0 Å². The highest BCUT2D eigenvalue weighted by Gasteiger charge is 2.11. The van der Waals surface area contributed by atoms with Crippen LogP contribution in [-0.2, 0) is 4.79 Å². The highest BCUT2D eigenvalue weighted by atomic mass is 16.5. The van der Waals surface area contributed by atoms with Crippen LogP contribution in [-0.4, -0.2) is 38.1 Å². The number of nitrogens with two attached hydrogens (primary N) is 1. The summed E-state index contributed by atoms with van der Waals surface area (Å²) in [7, 11) is 3.99. The van der Waals surface area contributed by atoms with E-state index in [4.69, 9.17) is 10.5 Å². The lowest BCUT2D eigenvalue weighted by Crippen LogP contribution is -2.21. The van der Waals surface area contributed by atoms with Crippen LogP contribution in [0.5, 0.6) is 5.75 Å². The van der Waals surface area contributed by atoms with E-state index >= 15 is 0 Å². The Hall–Kier alpha value is -2.37. The highest BCUT2D eigenvalue weighted by Crippen LogP contribution is 2.19. The van der Waals surface area contributed by atoms with Gasteiger partial charge in [0.1, 0.15) is 12.4 Å². The summed E-state index contributed by atoms with van der Waals surface area (Å²) in [4.78, 5) is 14.2. The van der Waals surface area contributed by atoms with E-state index < -0.39 is 0 Å². The Morgan fingerprint density at radius 2 is 1.92 bits per heavy atom. The maximum atomic E-state index is 12.2. The minimum atomic E-state index is -0.314. The van der Waals surface area contributed by atoms with E-state index in [9.17, 15) is 4.79 Å². The topological polar surface area (TPSA) is 67.6 Å². The van der Waals surface area contributed by atoms with Gasteiger partial charge in [-0.3, -0.25) is 4.79 Å². The molecular formula is C19H25N3O2. The second-order valence-corrected chi connectivity index (χ2v) is 5.95. The van der Waals surface area contributed by atoms with Gasteiger partial charge in [-0.1, -0.05) is 36.4 Å². The molecule has 1 amide bonds. The third-order valence-corrected chi connectivity index (χ3v) is 3.56. The number of hydrogen-bond donors (Lipinski definition) is 2. The molecule has 5 nitrogen and oxygen atoms in total. The van der Waals surface area contributed by atoms with Crippen LogP contribution >= 0.6 is 0 Å². The number of carbonyl (C=O) groups is 1. The molecule has 2 aromatic rings. The molecule has 1 atom stereocenters. The SMILES string of the molecule is CN(C)CCOc1cccc(NC(=O)CC(N)c2ccccc2)c1. The maximum Gasteiger partial charge on any atom is 0.226 e. The van der Waals surface area contributed by atoms with Gasteiger partial charge < -0.3 is 20.7 Å². The molecule has 0 aliphatic carbocycles. The van der Waals surface area contributed by atoms with Crippen LogP contribution in [0.3, 0.4) is 0 Å². The number of carbonyl (C=O) groups excluding carboxylic acids is 1. The second kappa shape index (κ2) is 9.05. The fourth-order valence-corrected chi connectivity index (χ4v) is 2.24. The Morgan fingerprint density at radius 3 is 2.62 bits per heavy atom. The molecule has 0 spiro atoms. The lowest BCUT2D eigenvalue weighted by atomic mass is 10.0. The Morgan fingerprint density at radius 1 is 1.17 bits per heavy atom. The van der Waals surface area contributed by atoms with Gasteiger partial charge >= 0.3 is 0 Å². The van der Waals surface area contributed by atoms with Gasteiger partial charge in [-0.25, -0.2) is 0 Å². The van der Waals surface area contributed by atoms with E-state index in [0.717, 1.165) is 17.9 Å². The van der Waals surface area contributed by atoms with E-state index in [0.29, 0.717) is 12.3 Å². The van der Waals surface area contributed by atoms with Crippen LogP contribution in [0.25, 0.3) is 0 Å². The highest BCUT2D eigenvalue weighted by molar-refractivity contribution is 5.91. The quantitative estimate of drug-likeness (QED) is 0.782. The molecule has 2 aromatic carbocycles. The molecule has 0 saturated carbocycles. The Kier molecular flexibility index (Phi) is 6.78. The molecule has 1 unspecified atom stereocenters. The lowest BCUT2D eigenvalue weighted by molar-refractivity contribution is -0.116. The molecule has 0 aliphatic rings. The van der Waals surface area contributed by atoms with E-state index in [1.54, 1.807) is 0 Å². The molecule has 128 valence electrons. The van der Waals surface area contributed by atoms with Crippen molar-refractivity contribution in [2.45, 2.75) is 12.5 Å². The zero-order valence-electron chi connectivity index (χ0n) is 14.2. The lowest BCUT2D eigenvalue weighted by Gasteiger charge is -2.14. The van der Waals surface area contributed by atoms with Gasteiger partial charge in [-0.05, 0) is 31.8 Å². The van der Waals surface area contributed by atoms with Crippen molar-refractivity contribution in [2.75, 3.05) is 32.6 Å². The van der Waals surface area contributed by atoms with Crippen molar-refractivity contribution >= 4 is 11.6 Å². The average molecular weight is 327 g/mol. The summed E-state index contributed by atoms with van der Waals surface area (Å²) in [5, 5.41) is 2.87. The van der Waals surface area contributed by atoms with E-state index in [-0.39, 0.29) is 18.4 Å². The summed E-state index contributed by atoms with van der Waals surface area (Å²) in [6.45, 7) is 1.44. The van der Waals surface area contributed by atoms with E-state index in [2.05, 4.69) is 10.2 Å². The molecule has 0 saturated heterocycles. The molecular weight excluding hydrogens is 302 g/mol. The van der Waals surface area contributed by atoms with E-state index in [1.807, 2.05) is 68.7 Å². The molecule has 3 N–H and O–H groups in total. The number of amides is 1. The Labute approximate surface area is 143 Å². The fraction of sp³-hybridized carbons (Fsp3) is 0.316. The number of hydrogen-bond acceptors (Lipinski definition) is 4. The van der Waals surface area contributed by atoms with Crippen molar-refractivity contribution in [1.82, 2.24) is 4.90 Å². The average Bonchev–Trinajstić information content (AvgIpc) is 2.55. The molecule has 0 radical (unpaired) electrons. The van der Waals surface area contributed by atoms with Crippen LogP contribution < -0.4 is 15.8 Å². The van der Waals surface area contributed by atoms with Crippen molar-refractivity contribution in [1.29, 1.82) is 0 Å². The molecule has 0 fully saturated rings. The van der Waals surface area contributed by atoms with Crippen LogP contribution in [0.15, 0.2) is 54.6 Å². The minimum absolute atomic E-state index is 0.114. The van der Waals surface area contributed by atoms with Crippen molar-refractivity contribution in [3.63, 3.8) is 0 Å². The largest absolute Gasteiger partial charge is 0.492 e. The number of ether oxygens (including phenoxy) is 1. The zero-order chi connectivity index (χ0) is 17.4. The Balaban J connectivity index is 1.87. The standard InChI is InChI=1S/C19H25N3O2/c1-22(2)11-12-24-17-10-6-9-16(13-17)21-19(23)14-18(20)15-7-4-3-5-8-15/h3-10,13,18H,11-12,14,20H2,1-2H3,(H,21,23). The first-order valence-electron chi connectivity index (χ1n) is 8.02. The van der Waals surface area contributed by atoms with Crippen LogP contribution in [0, 0.1) is 0 Å². The summed E-state index contributed by atoms with van der Waals surface area (Å²) in [6, 6.07) is 16.7. The van der Waals surface area contributed by atoms with Crippen molar-refractivity contribution < 1.29 is 9.53 Å². The number of anilines is 1. The number of benzene rings is 2. The van der Waals surface area contributed by atoms with Crippen molar-refractivity contribution in [3.05, 3.63) is 60.2 Å². The predicted molar refractivity (Wildman–Crippen MR) is 97.1 cm³/mol. The van der Waals surface area contributed by atoms with Crippen LogP contribution in [0.2, 0.25) is 0 Å². The van der Waals surface area contributed by atoms with Gasteiger partial charge in [0.15, 0.2) is 0 Å². The first-order valence-corrected chi connectivity index (χ1v) is 8.02. The summed E-state index contributed by atoms with van der Waals surface area (Å²) in [6.07, 6.45) is 0.232. The van der Waals surface area contributed by atoms with Crippen molar-refractivity contribution in [2.24, 2.45) is 5.73 Å². The third-order valence-electron chi connectivity index (χ3n) is 3.56. The number of likely N-dealkylation sites (N-methyl/N-ethyl adjacent to an activating group) is 1. The Bertz CT molecular complexity index is 644. The minimum Gasteiger partial charge on any atom is -0.492 e. The normalized spacial score (nSPS) is 12.0. The van der Waals surface area contributed by atoms with Crippen LogP contribution in [0.4, 0.5) is 5.69 Å². The predicted octanol–water partition coefficient (Wildman–Crippen LogP) is 2.66. The van der Waals surface area contributed by atoms with Gasteiger partial charge in [-0.15, -0.1) is 0 Å². The van der Waals surface area contributed by atoms with Gasteiger partial charge in [0.05, 0.1) is 0 Å². The number of nitrogens with zero attached hydrogens (tertiary/aromatic N) is 1. The molecule has 0 bridgehead atoms. The molecule has 0 aromatic heterocycles. The molecule has 24 heavy (non-hydrogen) atoms. The van der Waals surface area contributed by atoms with Crippen LogP contribution in [0.1, 0.15) is 18.0 Å². The molecule has 0 heterocycles. The summed E-state index contributed by atoms with van der Waals surface area (Å²) >= 11 is 0. The second-order valence-electron chi connectivity index (χ2n) is 5.95. The number of nitrogens with one attached hydrogen (secondary N) is 1. The van der Waals surface area contributed by atoms with E-state index in [1.165, 1.54) is 0 Å². The smallest absolute Gasteiger partial charge is 0.226 e. The summed E-state index contributed by atoms with van der Waals surface area (Å²) in [5.74, 6) is 0.624. The first-order chi connectivity index (χ1) is 11.5. The third kappa shape index (κ3) is 6.02. The van der Waals surface area contributed by atoms with Gasteiger partial charge in [0.25, 0.3) is 0 Å². The fourth-order valence-electron chi connectivity index (χ4n) is 2.24.